The molecule has 0 spiro atoms. The van der Waals surface area contributed by atoms with Crippen molar-refractivity contribution in [3.63, 3.8) is 0 Å². The molecule has 26 heavy (non-hydrogen) atoms. The van der Waals surface area contributed by atoms with Gasteiger partial charge in [-0.3, -0.25) is 14.6 Å². The summed E-state index contributed by atoms with van der Waals surface area (Å²) in [4.78, 5) is 26.1. The van der Waals surface area contributed by atoms with E-state index in [1.807, 2.05) is 4.90 Å². The molecule has 0 aromatic carbocycles. The quantitative estimate of drug-likeness (QED) is 0.377. The SMILES string of the molecule is CC(=O)O.CCCCCCCCCCCCC1=NCCN1CC(=O)O.[NaH]. The van der Waals surface area contributed by atoms with Gasteiger partial charge in [-0.05, 0) is 6.42 Å². The predicted octanol–water partition coefficient (Wildman–Crippen LogP) is 3.54. The molecular formula is C19H37N2NaO4. The van der Waals surface area contributed by atoms with Crippen LogP contribution < -0.4 is 0 Å². The van der Waals surface area contributed by atoms with Crippen LogP contribution in [0, 0.1) is 0 Å². The number of nitrogens with zero attached hydrogens (tertiary/aromatic N) is 2. The van der Waals surface area contributed by atoms with Crippen LogP contribution in [0.1, 0.15) is 84.5 Å². The first-order valence-electron chi connectivity index (χ1n) is 9.67. The van der Waals surface area contributed by atoms with Crippen LogP contribution in [0.2, 0.25) is 0 Å². The van der Waals surface area contributed by atoms with E-state index in [1.54, 1.807) is 0 Å². The van der Waals surface area contributed by atoms with Gasteiger partial charge >= 0.3 is 35.5 Å². The van der Waals surface area contributed by atoms with Crippen LogP contribution in [0.5, 0.6) is 0 Å². The van der Waals surface area contributed by atoms with Crippen molar-refractivity contribution in [3.8, 4) is 0 Å². The zero-order chi connectivity index (χ0) is 18.9. The molecule has 7 heteroatoms. The molecular weight excluding hydrogens is 343 g/mol. The maximum atomic E-state index is 10.7. The molecule has 0 unspecified atom stereocenters. The predicted molar refractivity (Wildman–Crippen MR) is 108 cm³/mol. The van der Waals surface area contributed by atoms with E-state index in [2.05, 4.69) is 11.9 Å². The van der Waals surface area contributed by atoms with Gasteiger partial charge in [-0.25, -0.2) is 0 Å². The monoisotopic (exact) mass is 380 g/mol. The summed E-state index contributed by atoms with van der Waals surface area (Å²) in [5.74, 6) is -0.579. The van der Waals surface area contributed by atoms with Gasteiger partial charge in [0, 0.05) is 19.9 Å². The van der Waals surface area contributed by atoms with Gasteiger partial charge in [-0.1, -0.05) is 64.7 Å². The Kier molecular flexibility index (Phi) is 20.4. The summed E-state index contributed by atoms with van der Waals surface area (Å²) >= 11 is 0. The topological polar surface area (TPSA) is 90.2 Å². The summed E-state index contributed by atoms with van der Waals surface area (Å²) in [5.41, 5.74) is 0. The van der Waals surface area contributed by atoms with Gasteiger partial charge in [0.25, 0.3) is 5.97 Å². The van der Waals surface area contributed by atoms with Gasteiger partial charge in [-0.2, -0.15) is 0 Å². The van der Waals surface area contributed by atoms with Gasteiger partial charge in [0.1, 0.15) is 6.54 Å². The Hall–Kier alpha value is -0.590. The molecule has 0 aromatic rings. The van der Waals surface area contributed by atoms with Crippen molar-refractivity contribution in [2.24, 2.45) is 4.99 Å². The fourth-order valence-corrected chi connectivity index (χ4v) is 2.87. The van der Waals surface area contributed by atoms with Crippen LogP contribution in [0.15, 0.2) is 4.99 Å². The third-order valence-corrected chi connectivity index (χ3v) is 4.11. The Bertz CT molecular complexity index is 399. The summed E-state index contributed by atoms with van der Waals surface area (Å²) in [6.07, 6.45) is 14.2. The van der Waals surface area contributed by atoms with E-state index in [-0.39, 0.29) is 36.1 Å². The van der Waals surface area contributed by atoms with Crippen LogP contribution >= 0.6 is 0 Å². The van der Waals surface area contributed by atoms with Gasteiger partial charge in [0.2, 0.25) is 0 Å². The molecule has 2 N–H and O–H groups in total. The van der Waals surface area contributed by atoms with Gasteiger partial charge in [0.15, 0.2) is 0 Å². The zero-order valence-corrected chi connectivity index (χ0v) is 16.0. The second kappa shape index (κ2) is 19.2. The van der Waals surface area contributed by atoms with Crippen LogP contribution in [-0.2, 0) is 9.59 Å². The first-order valence-corrected chi connectivity index (χ1v) is 9.67. The van der Waals surface area contributed by atoms with Crippen molar-refractivity contribution < 1.29 is 19.8 Å². The van der Waals surface area contributed by atoms with E-state index in [1.165, 1.54) is 57.8 Å². The third kappa shape index (κ3) is 18.2. The fourth-order valence-electron chi connectivity index (χ4n) is 2.87. The Labute approximate surface area is 180 Å². The van der Waals surface area contributed by atoms with E-state index in [0.29, 0.717) is 0 Å². The van der Waals surface area contributed by atoms with E-state index < -0.39 is 11.9 Å². The molecule has 0 saturated heterocycles. The van der Waals surface area contributed by atoms with Gasteiger partial charge in [-0.15, -0.1) is 0 Å². The first kappa shape index (κ1) is 27.6. The van der Waals surface area contributed by atoms with Crippen LogP contribution in [0.4, 0.5) is 0 Å². The molecule has 0 saturated carbocycles. The maximum absolute atomic E-state index is 10.7. The normalized spacial score (nSPS) is 12.7. The van der Waals surface area contributed by atoms with E-state index in [4.69, 9.17) is 15.0 Å². The number of carboxylic acids is 2. The Morgan fingerprint density at radius 1 is 0.962 bits per heavy atom. The number of hydrogen-bond acceptors (Lipinski definition) is 4. The molecule has 0 amide bonds. The minimum atomic E-state index is -0.833. The Morgan fingerprint density at radius 3 is 1.88 bits per heavy atom. The third-order valence-electron chi connectivity index (χ3n) is 4.11. The average Bonchev–Trinajstić information content (AvgIpc) is 2.95. The van der Waals surface area contributed by atoms with Crippen molar-refractivity contribution in [2.45, 2.75) is 84.5 Å². The van der Waals surface area contributed by atoms with Crippen LogP contribution in [0.3, 0.4) is 0 Å². The number of aliphatic imine (C=N–C) groups is 1. The second-order valence-electron chi connectivity index (χ2n) is 6.56. The molecule has 0 aliphatic carbocycles. The summed E-state index contributed by atoms with van der Waals surface area (Å²) in [5, 5.41) is 16.3. The standard InChI is InChI=1S/C17H32N2O2.C2H4O2.Na.H/c1-2-3-4-5-6-7-8-9-10-11-12-16-18-13-14-19(16)15-17(20)21;1-2(3)4;;/h2-15H2,1H3,(H,20,21);1H3,(H,3,4);;. The van der Waals surface area contributed by atoms with Crippen molar-refractivity contribution in [2.75, 3.05) is 19.6 Å². The number of carbonyl (C=O) groups is 2. The first-order chi connectivity index (χ1) is 12.0. The summed E-state index contributed by atoms with van der Waals surface area (Å²) in [7, 11) is 0. The summed E-state index contributed by atoms with van der Waals surface area (Å²) < 4.78 is 0. The molecule has 148 valence electrons. The van der Waals surface area contributed by atoms with Crippen molar-refractivity contribution >= 4 is 47.3 Å². The molecule has 0 aromatic heterocycles. The van der Waals surface area contributed by atoms with Crippen molar-refractivity contribution in [1.29, 1.82) is 0 Å². The molecule has 1 aliphatic rings. The molecule has 0 radical (unpaired) electrons. The number of rotatable bonds is 13. The van der Waals surface area contributed by atoms with E-state index >= 15 is 0 Å². The van der Waals surface area contributed by atoms with Crippen LogP contribution in [0.25, 0.3) is 0 Å². The molecule has 1 rings (SSSR count). The molecule has 0 fully saturated rings. The number of unbranched alkanes of at least 4 members (excludes halogenated alkanes) is 9. The Balaban J connectivity index is 0. The number of hydrogen-bond donors (Lipinski definition) is 2. The van der Waals surface area contributed by atoms with Gasteiger partial charge in [0.05, 0.1) is 12.4 Å². The number of aliphatic carboxylic acids is 2. The Morgan fingerprint density at radius 2 is 1.42 bits per heavy atom. The van der Waals surface area contributed by atoms with Crippen molar-refractivity contribution in [1.82, 2.24) is 4.90 Å². The minimum absolute atomic E-state index is 0. The van der Waals surface area contributed by atoms with Crippen LogP contribution in [-0.4, -0.2) is 82.1 Å². The second-order valence-corrected chi connectivity index (χ2v) is 6.56. The number of amidine groups is 1. The van der Waals surface area contributed by atoms with E-state index in [0.717, 1.165) is 38.7 Å². The zero-order valence-electron chi connectivity index (χ0n) is 16.0. The van der Waals surface area contributed by atoms with Crippen molar-refractivity contribution in [3.05, 3.63) is 0 Å². The summed E-state index contributed by atoms with van der Waals surface area (Å²) in [6.45, 7) is 4.99. The molecule has 0 atom stereocenters. The molecule has 6 nitrogen and oxygen atoms in total. The van der Waals surface area contributed by atoms with Gasteiger partial charge < -0.3 is 15.1 Å². The summed E-state index contributed by atoms with van der Waals surface area (Å²) in [6, 6.07) is 0. The number of carboxylic acid groups (broad SMARTS) is 2. The van der Waals surface area contributed by atoms with E-state index in [9.17, 15) is 4.79 Å². The molecule has 0 bridgehead atoms. The molecule has 1 aliphatic heterocycles. The molecule has 1 heterocycles. The fraction of sp³-hybridized carbons (Fsp3) is 0.842. The average molecular weight is 381 g/mol.